The molecule has 0 saturated carbocycles. The van der Waals surface area contributed by atoms with Gasteiger partial charge in [-0.1, -0.05) is 0 Å². The number of benzene rings is 1. The fraction of sp³-hybridized carbons (Fsp3) is 0.333. The van der Waals surface area contributed by atoms with Crippen LogP contribution in [0.15, 0.2) is 17.9 Å². The number of hydrogen-bond acceptors (Lipinski definition) is 7. The Labute approximate surface area is 148 Å². The van der Waals surface area contributed by atoms with Gasteiger partial charge in [-0.05, 0) is 13.8 Å². The van der Waals surface area contributed by atoms with Gasteiger partial charge in [0, 0.05) is 12.1 Å². The lowest BCUT2D eigenvalue weighted by molar-refractivity contribution is -0.140. The van der Waals surface area contributed by atoms with Gasteiger partial charge in [-0.15, -0.1) is 0 Å². The summed E-state index contributed by atoms with van der Waals surface area (Å²) >= 11 is 0. The third kappa shape index (κ3) is 2.08. The second-order valence-electron chi connectivity index (χ2n) is 6.21. The number of methoxy groups -OCH3 is 2. The predicted octanol–water partition coefficient (Wildman–Crippen LogP) is 1.29. The lowest BCUT2D eigenvalue weighted by atomic mass is 9.67. The van der Waals surface area contributed by atoms with E-state index in [-0.39, 0.29) is 34.1 Å². The molecule has 1 aliphatic carbocycles. The molecule has 2 atom stereocenters. The van der Waals surface area contributed by atoms with E-state index in [4.69, 9.17) is 14.2 Å². The van der Waals surface area contributed by atoms with Crippen molar-refractivity contribution in [1.82, 2.24) is 0 Å². The van der Waals surface area contributed by atoms with Crippen LogP contribution in [0.3, 0.4) is 0 Å². The molecule has 0 aromatic heterocycles. The van der Waals surface area contributed by atoms with Gasteiger partial charge in [-0.25, -0.2) is 4.79 Å². The summed E-state index contributed by atoms with van der Waals surface area (Å²) in [6.45, 7) is 2.64. The molecule has 136 valence electrons. The number of ketones is 3. The van der Waals surface area contributed by atoms with Crippen LogP contribution in [0.2, 0.25) is 0 Å². The number of carboxylic acids is 1. The van der Waals surface area contributed by atoms with E-state index in [1.165, 1.54) is 27.2 Å². The summed E-state index contributed by atoms with van der Waals surface area (Å²) in [7, 11) is 2.64. The zero-order valence-corrected chi connectivity index (χ0v) is 14.5. The van der Waals surface area contributed by atoms with Crippen LogP contribution in [0.4, 0.5) is 0 Å². The summed E-state index contributed by atoms with van der Waals surface area (Å²) in [4.78, 5) is 48.8. The van der Waals surface area contributed by atoms with Crippen molar-refractivity contribution in [2.45, 2.75) is 19.3 Å². The maximum Gasteiger partial charge on any atom is 0.343 e. The Morgan fingerprint density at radius 1 is 1.19 bits per heavy atom. The van der Waals surface area contributed by atoms with Gasteiger partial charge in [-0.3, -0.25) is 14.4 Å². The number of carbonyl (C=O) groups is 4. The van der Waals surface area contributed by atoms with Gasteiger partial charge in [0.25, 0.3) is 0 Å². The SMILES string of the molecule is COc1cc(OC)c2c(c1C(=O)O)OC1=CC(=O)C(C(C)=O)C(=O)[C@]12C. The smallest absolute Gasteiger partial charge is 0.343 e. The van der Waals surface area contributed by atoms with Gasteiger partial charge in [0.15, 0.2) is 17.3 Å². The molecule has 8 heteroatoms. The molecule has 26 heavy (non-hydrogen) atoms. The standard InChI is InChI=1S/C18H16O8/c1-7(19)12-8(20)5-11-18(2,16(12)21)14-10(25-4)6-9(24-3)13(17(22)23)15(14)26-11/h5-6,12H,1-4H3,(H,22,23)/t12?,18-/m1/s1. The summed E-state index contributed by atoms with van der Waals surface area (Å²) in [5, 5.41) is 9.57. The normalized spacial score (nSPS) is 23.5. The minimum Gasteiger partial charge on any atom is -0.496 e. The Kier molecular flexibility index (Phi) is 3.86. The van der Waals surface area contributed by atoms with Crippen LogP contribution in [0.5, 0.6) is 17.2 Å². The molecule has 3 rings (SSSR count). The van der Waals surface area contributed by atoms with Crippen molar-refractivity contribution in [1.29, 1.82) is 0 Å². The average molecular weight is 360 g/mol. The first-order valence-corrected chi connectivity index (χ1v) is 7.69. The highest BCUT2D eigenvalue weighted by atomic mass is 16.5. The van der Waals surface area contributed by atoms with E-state index in [1.807, 2.05) is 0 Å². The highest BCUT2D eigenvalue weighted by Crippen LogP contribution is 2.56. The molecule has 1 unspecified atom stereocenters. The first-order valence-electron chi connectivity index (χ1n) is 7.69. The molecule has 1 heterocycles. The Morgan fingerprint density at radius 2 is 1.81 bits per heavy atom. The van der Waals surface area contributed by atoms with Gasteiger partial charge in [0.2, 0.25) is 0 Å². The molecule has 0 saturated heterocycles. The second-order valence-corrected chi connectivity index (χ2v) is 6.21. The summed E-state index contributed by atoms with van der Waals surface area (Å²) in [5.74, 6) is -4.76. The number of ether oxygens (including phenoxy) is 3. The monoisotopic (exact) mass is 360 g/mol. The molecule has 0 bridgehead atoms. The number of carboxylic acid groups (broad SMARTS) is 1. The van der Waals surface area contributed by atoms with Crippen molar-refractivity contribution in [3.05, 3.63) is 29.0 Å². The van der Waals surface area contributed by atoms with Crippen LogP contribution >= 0.6 is 0 Å². The van der Waals surface area contributed by atoms with Crippen molar-refractivity contribution >= 4 is 23.3 Å². The fourth-order valence-corrected chi connectivity index (χ4v) is 3.48. The highest BCUT2D eigenvalue weighted by molar-refractivity contribution is 6.27. The van der Waals surface area contributed by atoms with E-state index in [0.717, 1.165) is 13.0 Å². The van der Waals surface area contributed by atoms with Crippen LogP contribution < -0.4 is 14.2 Å². The molecule has 0 fully saturated rings. The average Bonchev–Trinajstić information content (AvgIpc) is 2.86. The van der Waals surface area contributed by atoms with Gasteiger partial charge in [0.05, 0.1) is 19.8 Å². The van der Waals surface area contributed by atoms with E-state index >= 15 is 0 Å². The number of aromatic carboxylic acids is 1. The number of hydrogen-bond donors (Lipinski definition) is 1. The van der Waals surface area contributed by atoms with Crippen molar-refractivity contribution in [3.8, 4) is 17.2 Å². The van der Waals surface area contributed by atoms with E-state index in [1.54, 1.807) is 0 Å². The van der Waals surface area contributed by atoms with E-state index in [2.05, 4.69) is 0 Å². The van der Waals surface area contributed by atoms with Gasteiger partial charge in [-0.2, -0.15) is 0 Å². The van der Waals surface area contributed by atoms with Crippen molar-refractivity contribution in [2.75, 3.05) is 14.2 Å². The summed E-state index contributed by atoms with van der Waals surface area (Å²) in [5.41, 5.74) is -1.64. The molecule has 8 nitrogen and oxygen atoms in total. The van der Waals surface area contributed by atoms with Gasteiger partial charge < -0.3 is 19.3 Å². The highest BCUT2D eigenvalue weighted by Gasteiger charge is 2.58. The minimum atomic E-state index is -1.51. The lowest BCUT2D eigenvalue weighted by Crippen LogP contribution is -2.47. The number of fused-ring (bicyclic) bond motifs is 3. The molecule has 0 radical (unpaired) electrons. The maximum absolute atomic E-state index is 13.1. The third-order valence-corrected chi connectivity index (χ3v) is 4.79. The molecule has 2 aliphatic rings. The molecular weight excluding hydrogens is 344 g/mol. The van der Waals surface area contributed by atoms with Crippen LogP contribution in [0.25, 0.3) is 0 Å². The van der Waals surface area contributed by atoms with Gasteiger partial charge in [0.1, 0.15) is 39.9 Å². The van der Waals surface area contributed by atoms with Crippen molar-refractivity contribution < 1.29 is 38.5 Å². The zero-order valence-electron chi connectivity index (χ0n) is 14.5. The first kappa shape index (κ1) is 17.7. The lowest BCUT2D eigenvalue weighted by Gasteiger charge is -2.30. The molecule has 1 aromatic carbocycles. The first-order chi connectivity index (χ1) is 12.2. The maximum atomic E-state index is 13.1. The minimum absolute atomic E-state index is 0.0159. The Hall–Kier alpha value is -3.16. The largest absolute Gasteiger partial charge is 0.496 e. The Balaban J connectivity index is 2.39. The van der Waals surface area contributed by atoms with E-state index < -0.39 is 34.7 Å². The van der Waals surface area contributed by atoms with Gasteiger partial charge >= 0.3 is 5.97 Å². The molecule has 1 aromatic rings. The van der Waals surface area contributed by atoms with Crippen molar-refractivity contribution in [2.24, 2.45) is 5.92 Å². The Bertz CT molecular complexity index is 910. The molecule has 0 amide bonds. The number of carbonyl (C=O) groups excluding carboxylic acids is 3. The quantitative estimate of drug-likeness (QED) is 0.799. The van der Waals surface area contributed by atoms with E-state index in [0.29, 0.717) is 0 Å². The molecule has 0 spiro atoms. The number of allylic oxidation sites excluding steroid dienone is 2. The van der Waals surface area contributed by atoms with Crippen molar-refractivity contribution in [3.63, 3.8) is 0 Å². The van der Waals surface area contributed by atoms with E-state index in [9.17, 15) is 24.3 Å². The topological polar surface area (TPSA) is 116 Å². The molecular formula is C18H16O8. The zero-order chi connectivity index (χ0) is 19.4. The fourth-order valence-electron chi connectivity index (χ4n) is 3.48. The number of rotatable bonds is 4. The van der Waals surface area contributed by atoms with Crippen LogP contribution in [-0.2, 0) is 19.8 Å². The summed E-state index contributed by atoms with van der Waals surface area (Å²) in [6.07, 6.45) is 1.07. The second kappa shape index (κ2) is 5.69. The third-order valence-electron chi connectivity index (χ3n) is 4.79. The van der Waals surface area contributed by atoms with Crippen LogP contribution in [0.1, 0.15) is 29.8 Å². The summed E-state index contributed by atoms with van der Waals surface area (Å²) in [6, 6.07) is 1.34. The number of Topliss-reactive ketones (excluding diaryl/α,β-unsaturated/α-hetero) is 2. The summed E-state index contributed by atoms with van der Waals surface area (Å²) < 4.78 is 16.0. The Morgan fingerprint density at radius 3 is 2.31 bits per heavy atom. The van der Waals surface area contributed by atoms with Crippen LogP contribution in [0, 0.1) is 5.92 Å². The van der Waals surface area contributed by atoms with Crippen LogP contribution in [-0.4, -0.2) is 42.6 Å². The molecule has 1 N–H and O–H groups in total. The molecule has 1 aliphatic heterocycles. The predicted molar refractivity (Wildman–Crippen MR) is 86.8 cm³/mol.